The van der Waals surface area contributed by atoms with Gasteiger partial charge < -0.3 is 38.5 Å². The maximum absolute atomic E-state index is 13.2. The van der Waals surface area contributed by atoms with Crippen LogP contribution in [0.1, 0.15) is 84.9 Å². The lowest BCUT2D eigenvalue weighted by molar-refractivity contribution is -0.136. The van der Waals surface area contributed by atoms with Crippen LogP contribution >= 0.6 is 11.6 Å². The first-order chi connectivity index (χ1) is 25.9. The third-order valence-electron chi connectivity index (χ3n) is 8.34. The standard InChI is InChI=1S/C37H56ClN3O12/c38-14-5-1-2-6-15-47-17-19-49-21-23-51-25-27-53-28-26-52-24-22-50-20-18-48-16-7-3-4-11-32(42)39-30-10-8-9-29-34(30)37(46)41(36(29)45)31-12-13-33(43)40-35(31)44/h8-10,31H,1-7,11-28H2,(H,39,42)(H,40,43,44). The highest BCUT2D eigenvalue weighted by molar-refractivity contribution is 6.26. The summed E-state index contributed by atoms with van der Waals surface area (Å²) >= 11 is 5.65. The van der Waals surface area contributed by atoms with Crippen molar-refractivity contribution in [1.29, 1.82) is 0 Å². The summed E-state index contributed by atoms with van der Waals surface area (Å²) in [4.78, 5) is 63.5. The Morgan fingerprint density at radius 2 is 1.15 bits per heavy atom. The van der Waals surface area contributed by atoms with E-state index in [9.17, 15) is 24.0 Å². The van der Waals surface area contributed by atoms with Gasteiger partial charge in [-0.25, -0.2) is 0 Å². The number of piperidine rings is 1. The summed E-state index contributed by atoms with van der Waals surface area (Å²) in [7, 11) is 0. The summed E-state index contributed by atoms with van der Waals surface area (Å²) in [5, 5.41) is 4.91. The SMILES string of the molecule is O=C1CCC(N2C(=O)c3cccc(NC(=O)CCCCCOCCOCCOCCOCCOCCOCCOCCCCCCCl)c3C2=O)C(=O)N1. The lowest BCUT2D eigenvalue weighted by Crippen LogP contribution is -2.54. The Bertz CT molecular complexity index is 1270. The average Bonchev–Trinajstić information content (AvgIpc) is 3.40. The number of amides is 5. The normalized spacial score (nSPS) is 15.6. The Balaban J connectivity index is 1.06. The molecule has 0 radical (unpaired) electrons. The molecule has 0 aliphatic carbocycles. The Kier molecular flexibility index (Phi) is 23.1. The van der Waals surface area contributed by atoms with Crippen molar-refractivity contribution in [3.8, 4) is 0 Å². The molecule has 3 rings (SSSR count). The molecule has 1 saturated heterocycles. The van der Waals surface area contributed by atoms with Crippen LogP contribution in [0.25, 0.3) is 0 Å². The molecule has 298 valence electrons. The molecule has 1 aromatic rings. The molecule has 0 saturated carbocycles. The minimum absolute atomic E-state index is 0.0314. The van der Waals surface area contributed by atoms with Gasteiger partial charge in [-0.05, 0) is 44.2 Å². The lowest BCUT2D eigenvalue weighted by Gasteiger charge is -2.27. The van der Waals surface area contributed by atoms with Gasteiger partial charge in [0.2, 0.25) is 17.7 Å². The van der Waals surface area contributed by atoms with Crippen LogP contribution in [-0.2, 0) is 47.5 Å². The largest absolute Gasteiger partial charge is 0.379 e. The van der Waals surface area contributed by atoms with Crippen molar-refractivity contribution < 1.29 is 57.1 Å². The van der Waals surface area contributed by atoms with Crippen LogP contribution in [0.4, 0.5) is 5.69 Å². The highest BCUT2D eigenvalue weighted by Gasteiger charge is 2.45. The number of alkyl halides is 1. The first-order valence-corrected chi connectivity index (χ1v) is 19.2. The van der Waals surface area contributed by atoms with Gasteiger partial charge in [-0.1, -0.05) is 25.3 Å². The van der Waals surface area contributed by atoms with Crippen molar-refractivity contribution in [1.82, 2.24) is 10.2 Å². The summed E-state index contributed by atoms with van der Waals surface area (Å²) in [5.41, 5.74) is 0.393. The summed E-state index contributed by atoms with van der Waals surface area (Å²) in [5.74, 6) is -1.97. The molecule has 0 spiro atoms. The van der Waals surface area contributed by atoms with E-state index in [4.69, 9.17) is 44.8 Å². The Morgan fingerprint density at radius 1 is 0.660 bits per heavy atom. The fourth-order valence-electron chi connectivity index (χ4n) is 5.57. The van der Waals surface area contributed by atoms with Crippen LogP contribution in [0.5, 0.6) is 0 Å². The molecule has 16 heteroatoms. The molecule has 2 heterocycles. The fraction of sp³-hybridized carbons (Fsp3) is 0.703. The number of hydrogen-bond acceptors (Lipinski definition) is 12. The zero-order valence-electron chi connectivity index (χ0n) is 30.7. The van der Waals surface area contributed by atoms with Crippen molar-refractivity contribution in [2.24, 2.45) is 0 Å². The molecule has 0 bridgehead atoms. The van der Waals surface area contributed by atoms with E-state index in [1.165, 1.54) is 6.07 Å². The van der Waals surface area contributed by atoms with Crippen molar-refractivity contribution in [2.75, 3.05) is 104 Å². The molecule has 1 aromatic carbocycles. The molecule has 2 aliphatic rings. The fourth-order valence-corrected chi connectivity index (χ4v) is 5.76. The van der Waals surface area contributed by atoms with Crippen LogP contribution in [-0.4, -0.2) is 139 Å². The van der Waals surface area contributed by atoms with Gasteiger partial charge in [-0.15, -0.1) is 11.6 Å². The topological polar surface area (TPSA) is 177 Å². The Hall–Kier alpha value is -3.02. The molecule has 2 aliphatic heterocycles. The van der Waals surface area contributed by atoms with E-state index in [2.05, 4.69) is 10.6 Å². The molecule has 0 aromatic heterocycles. The van der Waals surface area contributed by atoms with Crippen molar-refractivity contribution >= 4 is 46.8 Å². The molecule has 1 atom stereocenters. The van der Waals surface area contributed by atoms with E-state index < -0.39 is 29.7 Å². The second-order valence-corrected chi connectivity index (χ2v) is 12.8. The minimum Gasteiger partial charge on any atom is -0.379 e. The second-order valence-electron chi connectivity index (χ2n) is 12.4. The van der Waals surface area contributed by atoms with Crippen molar-refractivity contribution in [3.05, 3.63) is 29.3 Å². The molecule has 2 N–H and O–H groups in total. The average molecular weight is 770 g/mol. The van der Waals surface area contributed by atoms with Gasteiger partial charge in [-0.3, -0.25) is 34.2 Å². The number of imide groups is 2. The number of nitrogens with zero attached hydrogens (tertiary/aromatic N) is 1. The molecule has 1 fully saturated rings. The molecule has 15 nitrogen and oxygen atoms in total. The van der Waals surface area contributed by atoms with Crippen LogP contribution in [0.3, 0.4) is 0 Å². The summed E-state index contributed by atoms with van der Waals surface area (Å²) < 4.78 is 38.6. The number of ether oxygens (including phenoxy) is 7. The number of fused-ring (bicyclic) bond motifs is 1. The highest BCUT2D eigenvalue weighted by atomic mass is 35.5. The van der Waals surface area contributed by atoms with E-state index in [1.807, 2.05) is 0 Å². The third-order valence-corrected chi connectivity index (χ3v) is 8.61. The van der Waals surface area contributed by atoms with E-state index >= 15 is 0 Å². The summed E-state index contributed by atoms with van der Waals surface area (Å²) in [6.45, 7) is 7.30. The molecule has 1 unspecified atom stereocenters. The Labute approximate surface area is 316 Å². The first kappa shape index (κ1) is 44.4. The lowest BCUT2D eigenvalue weighted by atomic mass is 10.0. The van der Waals surface area contributed by atoms with E-state index in [1.54, 1.807) is 12.1 Å². The van der Waals surface area contributed by atoms with Crippen molar-refractivity contribution in [3.63, 3.8) is 0 Å². The summed E-state index contributed by atoms with van der Waals surface area (Å²) in [6.07, 6.45) is 6.91. The highest BCUT2D eigenvalue weighted by Crippen LogP contribution is 2.32. The number of nitrogens with one attached hydrogen (secondary N) is 2. The maximum atomic E-state index is 13.2. The van der Waals surface area contributed by atoms with Crippen LogP contribution < -0.4 is 10.6 Å². The quantitative estimate of drug-likeness (QED) is 0.0621. The van der Waals surface area contributed by atoms with Crippen molar-refractivity contribution in [2.45, 2.75) is 70.3 Å². The monoisotopic (exact) mass is 769 g/mol. The number of hydrogen-bond donors (Lipinski definition) is 2. The van der Waals surface area contributed by atoms with Gasteiger partial charge in [0, 0.05) is 31.9 Å². The van der Waals surface area contributed by atoms with Gasteiger partial charge in [0.1, 0.15) is 6.04 Å². The number of unbranched alkanes of at least 4 members (excludes halogenated alkanes) is 5. The van der Waals surface area contributed by atoms with Gasteiger partial charge in [-0.2, -0.15) is 0 Å². The number of anilines is 1. The number of benzene rings is 1. The number of carbonyl (C=O) groups excluding carboxylic acids is 5. The molecule has 5 amide bonds. The predicted octanol–water partition coefficient (Wildman–Crippen LogP) is 3.50. The van der Waals surface area contributed by atoms with E-state index in [0.29, 0.717) is 92.3 Å². The predicted molar refractivity (Wildman–Crippen MR) is 195 cm³/mol. The zero-order chi connectivity index (χ0) is 37.9. The number of halogens is 1. The van der Waals surface area contributed by atoms with E-state index in [-0.39, 0.29) is 42.0 Å². The number of carbonyl (C=O) groups is 5. The van der Waals surface area contributed by atoms with E-state index in [0.717, 1.165) is 55.9 Å². The molecular formula is C37H56ClN3O12. The smallest absolute Gasteiger partial charge is 0.264 e. The molecule has 53 heavy (non-hydrogen) atoms. The first-order valence-electron chi connectivity index (χ1n) is 18.7. The second kappa shape index (κ2) is 27.5. The number of rotatable bonds is 32. The maximum Gasteiger partial charge on any atom is 0.264 e. The minimum atomic E-state index is -1.07. The van der Waals surface area contributed by atoms with Gasteiger partial charge >= 0.3 is 0 Å². The third kappa shape index (κ3) is 17.3. The van der Waals surface area contributed by atoms with Gasteiger partial charge in [0.15, 0.2) is 0 Å². The van der Waals surface area contributed by atoms with Crippen LogP contribution in [0.15, 0.2) is 18.2 Å². The Morgan fingerprint density at radius 3 is 1.66 bits per heavy atom. The summed E-state index contributed by atoms with van der Waals surface area (Å²) in [6, 6.07) is 3.54. The molecular weight excluding hydrogens is 714 g/mol. The van der Waals surface area contributed by atoms with Crippen LogP contribution in [0, 0.1) is 0 Å². The zero-order valence-corrected chi connectivity index (χ0v) is 31.5. The van der Waals surface area contributed by atoms with Gasteiger partial charge in [0.05, 0.1) is 96.1 Å². The van der Waals surface area contributed by atoms with Gasteiger partial charge in [0.25, 0.3) is 11.8 Å². The van der Waals surface area contributed by atoms with Crippen LogP contribution in [0.2, 0.25) is 0 Å².